The highest BCUT2D eigenvalue weighted by atomic mass is 16.5. The van der Waals surface area contributed by atoms with Gasteiger partial charge in [0.25, 0.3) is 5.91 Å². The molecule has 0 aliphatic rings. The molecule has 0 spiro atoms. The van der Waals surface area contributed by atoms with Crippen molar-refractivity contribution in [3.05, 3.63) is 96.3 Å². The topological polar surface area (TPSA) is 154 Å². The zero-order chi connectivity index (χ0) is 29.0. The summed E-state index contributed by atoms with van der Waals surface area (Å²) >= 11 is 0. The number of hydrogen-bond donors (Lipinski definition) is 5. The molecule has 0 unspecified atom stereocenters. The van der Waals surface area contributed by atoms with E-state index < -0.39 is 0 Å². The van der Waals surface area contributed by atoms with Crippen LogP contribution in [0.3, 0.4) is 0 Å². The summed E-state index contributed by atoms with van der Waals surface area (Å²) in [6, 6.07) is 14.0. The van der Waals surface area contributed by atoms with E-state index in [0.717, 1.165) is 11.3 Å². The normalized spacial score (nSPS) is 11.3. The van der Waals surface area contributed by atoms with Gasteiger partial charge < -0.3 is 25.0 Å². The van der Waals surface area contributed by atoms with Gasteiger partial charge in [0.05, 0.1) is 25.6 Å². The number of ether oxygens (including phenoxy) is 2. The van der Waals surface area contributed by atoms with Crippen LogP contribution < -0.4 is 20.9 Å². The van der Waals surface area contributed by atoms with E-state index in [9.17, 15) is 9.59 Å². The predicted molar refractivity (Wildman–Crippen MR) is 155 cm³/mol. The van der Waals surface area contributed by atoms with Gasteiger partial charge in [0.2, 0.25) is 5.91 Å². The van der Waals surface area contributed by atoms with Gasteiger partial charge in [-0.05, 0) is 66.1 Å². The van der Waals surface area contributed by atoms with Crippen LogP contribution in [0, 0.1) is 0 Å². The Morgan fingerprint density at radius 3 is 2.50 bits per heavy atom. The van der Waals surface area contributed by atoms with Gasteiger partial charge in [-0.25, -0.2) is 10.9 Å². The van der Waals surface area contributed by atoms with Gasteiger partial charge >= 0.3 is 0 Å². The van der Waals surface area contributed by atoms with Gasteiger partial charge in [0, 0.05) is 24.2 Å². The van der Waals surface area contributed by atoms with E-state index in [1.807, 2.05) is 6.07 Å². The van der Waals surface area contributed by atoms with E-state index in [4.69, 9.17) is 19.7 Å². The highest BCUT2D eigenvalue weighted by Crippen LogP contribution is 2.12. The van der Waals surface area contributed by atoms with E-state index in [-0.39, 0.29) is 44.7 Å². The highest BCUT2D eigenvalue weighted by molar-refractivity contribution is 5.95. The molecule has 0 aliphatic heterocycles. The van der Waals surface area contributed by atoms with Crippen molar-refractivity contribution in [1.29, 1.82) is 0 Å². The molecule has 0 atom stereocenters. The lowest BCUT2D eigenvalue weighted by atomic mass is 10.2. The smallest absolute Gasteiger partial charge is 0.271 e. The molecule has 2 amide bonds. The number of allylic oxidation sites excluding steroid dienone is 3. The van der Waals surface area contributed by atoms with Crippen LogP contribution in [0.2, 0.25) is 0 Å². The van der Waals surface area contributed by atoms with Gasteiger partial charge in [-0.3, -0.25) is 9.59 Å². The minimum atomic E-state index is -0.387. The predicted octanol–water partition coefficient (Wildman–Crippen LogP) is 2.75. The number of carbonyl (C=O) groups excluding carboxylic acids is 2. The van der Waals surface area contributed by atoms with Crippen molar-refractivity contribution in [2.45, 2.75) is 12.8 Å². The molecule has 11 nitrogen and oxygen atoms in total. The summed E-state index contributed by atoms with van der Waals surface area (Å²) in [7, 11) is 0. The Labute approximate surface area is 233 Å². The molecule has 212 valence electrons. The van der Waals surface area contributed by atoms with Crippen molar-refractivity contribution in [1.82, 2.24) is 10.9 Å². The minimum Gasteiger partial charge on any atom is -0.491 e. The molecule has 0 heterocycles. The first-order valence-corrected chi connectivity index (χ1v) is 12.5. The number of rotatable bonds is 18. The van der Waals surface area contributed by atoms with Crippen molar-refractivity contribution in [2.75, 3.05) is 38.3 Å². The summed E-state index contributed by atoms with van der Waals surface area (Å²) in [5, 5.41) is 28.7. The van der Waals surface area contributed by atoms with Crippen LogP contribution in [-0.4, -0.2) is 67.4 Å². The maximum Gasteiger partial charge on any atom is 0.271 e. The lowest BCUT2D eigenvalue weighted by Crippen LogP contribution is -2.18. The zero-order valence-electron chi connectivity index (χ0n) is 22.2. The molecule has 2 rings (SSSR count). The standard InChI is InChI=1S/C29H35N5O6/c1-3-26(39-16-14-35)18-22(2)20-31-34-29(38)24-9-11-25(12-10-24)30-13-5-8-28(37)33-32-21-23-6-4-7-27(19-23)40-17-15-36/h3-4,6-7,9-12,18-21,30,35-36H,1-2,5,8,13-17H2,(H,33,37)(H,34,38)/b26-18+,31-20+,32-21+. The molecule has 0 saturated carbocycles. The number of aliphatic hydroxyl groups excluding tert-OH is 2. The monoisotopic (exact) mass is 549 g/mol. The number of hydrazone groups is 2. The average molecular weight is 550 g/mol. The van der Waals surface area contributed by atoms with Gasteiger partial charge in [0.1, 0.15) is 24.7 Å². The molecule has 2 aromatic rings. The number of benzene rings is 2. The number of carbonyl (C=O) groups is 2. The van der Waals surface area contributed by atoms with Gasteiger partial charge in [-0.1, -0.05) is 25.3 Å². The lowest BCUT2D eigenvalue weighted by Gasteiger charge is -2.07. The molecular weight excluding hydrogens is 514 g/mol. The Balaban J connectivity index is 1.69. The van der Waals surface area contributed by atoms with E-state index in [2.05, 4.69) is 39.5 Å². The van der Waals surface area contributed by atoms with Crippen molar-refractivity contribution < 1.29 is 29.3 Å². The molecule has 40 heavy (non-hydrogen) atoms. The Bertz CT molecular complexity index is 1210. The van der Waals surface area contributed by atoms with Crippen LogP contribution >= 0.6 is 0 Å². The first-order chi connectivity index (χ1) is 19.4. The summed E-state index contributed by atoms with van der Waals surface area (Å²) in [5.74, 6) is 0.437. The minimum absolute atomic E-state index is 0.0695. The Kier molecular flexibility index (Phi) is 14.6. The number of hydrogen-bond acceptors (Lipinski definition) is 9. The van der Waals surface area contributed by atoms with Crippen molar-refractivity contribution in [2.24, 2.45) is 10.2 Å². The molecule has 0 fully saturated rings. The van der Waals surface area contributed by atoms with Crippen LogP contribution in [0.15, 0.2) is 95.4 Å². The number of anilines is 1. The largest absolute Gasteiger partial charge is 0.491 e. The molecule has 0 bridgehead atoms. The summed E-state index contributed by atoms with van der Waals surface area (Å²) in [5.41, 5.74) is 7.38. The molecule has 2 aromatic carbocycles. The fourth-order valence-electron chi connectivity index (χ4n) is 3.09. The van der Waals surface area contributed by atoms with E-state index >= 15 is 0 Å². The molecule has 5 N–H and O–H groups in total. The van der Waals surface area contributed by atoms with E-state index in [1.165, 1.54) is 18.5 Å². The van der Waals surface area contributed by atoms with Crippen LogP contribution in [0.5, 0.6) is 5.75 Å². The number of amides is 2. The Morgan fingerprint density at radius 1 is 1.00 bits per heavy atom. The maximum absolute atomic E-state index is 12.3. The number of aliphatic hydroxyl groups is 2. The average Bonchev–Trinajstić information content (AvgIpc) is 2.96. The SMILES string of the molecule is C=C/C(=C\C(=C)/C=N/NC(=O)c1ccc(NCCCC(=O)N/N=C/c2cccc(OCCO)c2)cc1)OCCO. The van der Waals surface area contributed by atoms with Crippen molar-refractivity contribution in [3.8, 4) is 5.75 Å². The third-order valence-electron chi connectivity index (χ3n) is 4.96. The molecular formula is C29H35N5O6. The van der Waals surface area contributed by atoms with Gasteiger partial charge in [-0.2, -0.15) is 10.2 Å². The van der Waals surface area contributed by atoms with Crippen LogP contribution in [0.25, 0.3) is 0 Å². The van der Waals surface area contributed by atoms with E-state index in [1.54, 1.807) is 48.5 Å². The van der Waals surface area contributed by atoms with Crippen molar-refractivity contribution in [3.63, 3.8) is 0 Å². The lowest BCUT2D eigenvalue weighted by molar-refractivity contribution is -0.121. The van der Waals surface area contributed by atoms with E-state index in [0.29, 0.717) is 35.6 Å². The van der Waals surface area contributed by atoms with Crippen LogP contribution in [0.1, 0.15) is 28.8 Å². The highest BCUT2D eigenvalue weighted by Gasteiger charge is 2.05. The first kappa shape index (κ1) is 31.5. The summed E-state index contributed by atoms with van der Waals surface area (Å²) in [4.78, 5) is 24.3. The van der Waals surface area contributed by atoms with Crippen LogP contribution in [0.4, 0.5) is 5.69 Å². The summed E-state index contributed by atoms with van der Waals surface area (Å²) in [6.07, 6.45) is 6.81. The third-order valence-corrected chi connectivity index (χ3v) is 4.96. The second-order valence-electron chi connectivity index (χ2n) is 8.14. The first-order valence-electron chi connectivity index (χ1n) is 12.5. The number of nitrogens with zero attached hydrogens (tertiary/aromatic N) is 2. The maximum atomic E-state index is 12.3. The van der Waals surface area contributed by atoms with Crippen molar-refractivity contribution >= 4 is 29.9 Å². The fraction of sp³-hybridized carbons (Fsp3) is 0.241. The van der Waals surface area contributed by atoms with Gasteiger partial charge in [0.15, 0.2) is 0 Å². The Morgan fingerprint density at radius 2 is 1.77 bits per heavy atom. The molecule has 0 radical (unpaired) electrons. The summed E-state index contributed by atoms with van der Waals surface area (Å²) in [6.45, 7) is 8.12. The molecule has 0 aromatic heterocycles. The second kappa shape index (κ2) is 18.5. The molecule has 0 aliphatic carbocycles. The molecule has 11 heteroatoms. The fourth-order valence-corrected chi connectivity index (χ4v) is 3.09. The van der Waals surface area contributed by atoms with Gasteiger partial charge in [-0.15, -0.1) is 0 Å². The molecule has 0 saturated heterocycles. The summed E-state index contributed by atoms with van der Waals surface area (Å²) < 4.78 is 10.6. The second-order valence-corrected chi connectivity index (χ2v) is 8.14. The zero-order valence-corrected chi connectivity index (χ0v) is 22.2. The number of nitrogens with one attached hydrogen (secondary N) is 3. The third kappa shape index (κ3) is 12.7. The van der Waals surface area contributed by atoms with Crippen LogP contribution in [-0.2, 0) is 9.53 Å². The quantitative estimate of drug-likeness (QED) is 0.0630. The Hall–Kier alpha value is -4.74.